The van der Waals surface area contributed by atoms with E-state index in [9.17, 15) is 0 Å². The summed E-state index contributed by atoms with van der Waals surface area (Å²) in [4.78, 5) is 4.87. The SMILES string of the molecule is Cc1cc(Oc2[c-]c3c(cc2)c2cc(CC(C)(C)C)ccc2n3-c2cc(C(C)(C)C)ccn2)[c-]c(-n2nc(C)c(-c3ccccc3)c2C)c1.[Pt+2]. The van der Waals surface area contributed by atoms with Crippen molar-refractivity contribution in [2.45, 2.75) is 74.1 Å². The third-order valence-electron chi connectivity index (χ3n) is 9.07. The molecule has 0 atom stereocenters. The van der Waals surface area contributed by atoms with E-state index < -0.39 is 0 Å². The molecule has 0 saturated heterocycles. The molecule has 6 heteroatoms. The average molecular weight is 840 g/mol. The van der Waals surface area contributed by atoms with Crippen molar-refractivity contribution in [2.24, 2.45) is 5.41 Å². The van der Waals surface area contributed by atoms with Crippen molar-refractivity contribution in [3.05, 3.63) is 131 Å². The number of fused-ring (bicyclic) bond motifs is 3. The summed E-state index contributed by atoms with van der Waals surface area (Å²) in [7, 11) is 0. The molecule has 3 heterocycles. The minimum atomic E-state index is -0.0135. The van der Waals surface area contributed by atoms with E-state index in [0.29, 0.717) is 11.5 Å². The van der Waals surface area contributed by atoms with Crippen LogP contribution in [0.4, 0.5) is 0 Å². The number of aryl methyl sites for hydroxylation is 2. The van der Waals surface area contributed by atoms with Crippen LogP contribution >= 0.6 is 0 Å². The van der Waals surface area contributed by atoms with Gasteiger partial charge in [-0.3, -0.25) is 4.68 Å². The van der Waals surface area contributed by atoms with Crippen LogP contribution in [0, 0.1) is 38.3 Å². The van der Waals surface area contributed by atoms with Gasteiger partial charge in [-0.05, 0) is 77.1 Å². The second-order valence-corrected chi connectivity index (χ2v) is 15.5. The van der Waals surface area contributed by atoms with Gasteiger partial charge in [0.2, 0.25) is 0 Å². The molecule has 0 amide bonds. The van der Waals surface area contributed by atoms with Gasteiger partial charge < -0.3 is 9.30 Å². The molecule has 50 heavy (non-hydrogen) atoms. The van der Waals surface area contributed by atoms with Crippen molar-refractivity contribution in [2.75, 3.05) is 0 Å². The number of benzene rings is 4. The molecule has 0 bridgehead atoms. The average Bonchev–Trinajstić information content (AvgIpc) is 3.52. The van der Waals surface area contributed by atoms with Gasteiger partial charge >= 0.3 is 21.1 Å². The molecule has 0 aliphatic rings. The van der Waals surface area contributed by atoms with Gasteiger partial charge in [0, 0.05) is 34.5 Å². The smallest absolute Gasteiger partial charge is 0.509 e. The number of ether oxygens (including phenoxy) is 1. The first-order chi connectivity index (χ1) is 23.2. The zero-order valence-electron chi connectivity index (χ0n) is 30.4. The largest absolute Gasteiger partial charge is 2.00 e. The number of aromatic nitrogens is 4. The van der Waals surface area contributed by atoms with E-state index in [1.54, 1.807) is 0 Å². The summed E-state index contributed by atoms with van der Waals surface area (Å²) >= 11 is 0. The van der Waals surface area contributed by atoms with Crippen LogP contribution in [0.1, 0.15) is 69.6 Å². The van der Waals surface area contributed by atoms with Crippen molar-refractivity contribution in [1.82, 2.24) is 19.3 Å². The van der Waals surface area contributed by atoms with Crippen molar-refractivity contribution < 1.29 is 25.8 Å². The first-order valence-corrected chi connectivity index (χ1v) is 17.1. The Balaban J connectivity index is 0.00000432. The summed E-state index contributed by atoms with van der Waals surface area (Å²) in [5, 5.41) is 7.22. The van der Waals surface area contributed by atoms with Gasteiger partial charge in [0.1, 0.15) is 5.82 Å². The first kappa shape index (κ1) is 35.4. The zero-order chi connectivity index (χ0) is 34.7. The van der Waals surface area contributed by atoms with E-state index in [2.05, 4.69) is 146 Å². The predicted octanol–water partition coefficient (Wildman–Crippen LogP) is 11.2. The molecule has 0 N–H and O–H groups in total. The van der Waals surface area contributed by atoms with Gasteiger partial charge in [-0.1, -0.05) is 96.4 Å². The van der Waals surface area contributed by atoms with Crippen LogP contribution in [0.2, 0.25) is 0 Å². The molecular formula is C44H44N4OPt. The Hall–Kier alpha value is -4.47. The summed E-state index contributed by atoms with van der Waals surface area (Å²) in [5.41, 5.74) is 11.0. The van der Waals surface area contributed by atoms with Crippen LogP contribution in [0.25, 0.3) is 44.4 Å². The Labute approximate surface area is 310 Å². The molecule has 256 valence electrons. The van der Waals surface area contributed by atoms with Crippen LogP contribution in [0.15, 0.2) is 91.1 Å². The molecule has 0 unspecified atom stereocenters. The maximum atomic E-state index is 6.56. The molecule has 4 aromatic carbocycles. The Morgan fingerprint density at radius 2 is 1.52 bits per heavy atom. The molecular weight excluding hydrogens is 796 g/mol. The molecule has 0 saturated carbocycles. The summed E-state index contributed by atoms with van der Waals surface area (Å²) < 4.78 is 10.7. The van der Waals surface area contributed by atoms with Gasteiger partial charge in [-0.15, -0.1) is 35.7 Å². The second kappa shape index (κ2) is 13.3. The maximum absolute atomic E-state index is 6.56. The molecule has 0 fully saturated rings. The van der Waals surface area contributed by atoms with Crippen molar-refractivity contribution in [1.29, 1.82) is 0 Å². The fraction of sp³-hybridized carbons (Fsp3) is 0.273. The predicted molar refractivity (Wildman–Crippen MR) is 201 cm³/mol. The number of hydrogen-bond acceptors (Lipinski definition) is 3. The Kier molecular flexibility index (Phi) is 9.43. The first-order valence-electron chi connectivity index (χ1n) is 17.1. The van der Waals surface area contributed by atoms with Crippen molar-refractivity contribution in [3.8, 4) is 34.1 Å². The van der Waals surface area contributed by atoms with Crippen molar-refractivity contribution >= 4 is 21.8 Å². The fourth-order valence-electron chi connectivity index (χ4n) is 6.85. The number of rotatable bonds is 6. The van der Waals surface area contributed by atoms with E-state index in [1.807, 2.05) is 29.1 Å². The quantitative estimate of drug-likeness (QED) is 0.157. The van der Waals surface area contributed by atoms with Crippen LogP contribution in [0.5, 0.6) is 11.5 Å². The Morgan fingerprint density at radius 3 is 2.24 bits per heavy atom. The second-order valence-electron chi connectivity index (χ2n) is 15.5. The summed E-state index contributed by atoms with van der Waals surface area (Å²) in [5.74, 6) is 2.10. The van der Waals surface area contributed by atoms with E-state index in [-0.39, 0.29) is 31.9 Å². The Morgan fingerprint density at radius 1 is 0.760 bits per heavy atom. The molecule has 0 radical (unpaired) electrons. The summed E-state index contributed by atoms with van der Waals surface area (Å²) in [6.45, 7) is 19.8. The van der Waals surface area contributed by atoms with Gasteiger partial charge in [0.05, 0.1) is 5.69 Å². The molecule has 3 aromatic heterocycles. The van der Waals surface area contributed by atoms with Crippen LogP contribution < -0.4 is 4.74 Å². The van der Waals surface area contributed by atoms with Gasteiger partial charge in [0.25, 0.3) is 0 Å². The standard InChI is InChI=1S/C44H44N4O.Pt/c1-28-21-34(48-30(3)42(29(2)46-48)32-13-11-10-12-14-32)25-36(22-28)49-35-16-17-37-38-23-31(27-43(4,5)6)15-18-39(38)47(40(37)26-35)41-24-33(19-20-45-41)44(7,8)9;/h10-24H,27H2,1-9H3;/q-2;+2. The maximum Gasteiger partial charge on any atom is 2.00 e. The van der Waals surface area contributed by atoms with E-state index in [0.717, 1.165) is 62.4 Å². The van der Waals surface area contributed by atoms with Gasteiger partial charge in [-0.25, -0.2) is 4.98 Å². The van der Waals surface area contributed by atoms with E-state index in [4.69, 9.17) is 14.8 Å². The topological polar surface area (TPSA) is 44.9 Å². The van der Waals surface area contributed by atoms with Crippen LogP contribution in [-0.2, 0) is 32.9 Å². The van der Waals surface area contributed by atoms with Gasteiger partial charge in [0.15, 0.2) is 0 Å². The van der Waals surface area contributed by atoms with E-state index in [1.165, 1.54) is 16.5 Å². The fourth-order valence-corrected chi connectivity index (χ4v) is 6.85. The third-order valence-corrected chi connectivity index (χ3v) is 9.07. The minimum absolute atomic E-state index is 0. The monoisotopic (exact) mass is 839 g/mol. The van der Waals surface area contributed by atoms with Crippen LogP contribution in [0.3, 0.4) is 0 Å². The summed E-state index contributed by atoms with van der Waals surface area (Å²) in [6, 6.07) is 36.9. The molecule has 0 aliphatic heterocycles. The molecule has 0 spiro atoms. The summed E-state index contributed by atoms with van der Waals surface area (Å²) in [6.07, 6.45) is 2.90. The van der Waals surface area contributed by atoms with Crippen LogP contribution in [-0.4, -0.2) is 19.3 Å². The molecule has 7 rings (SSSR count). The molecule has 5 nitrogen and oxygen atoms in total. The number of nitrogens with zero attached hydrogens (tertiary/aromatic N) is 4. The zero-order valence-corrected chi connectivity index (χ0v) is 32.7. The molecule has 0 aliphatic carbocycles. The third kappa shape index (κ3) is 6.94. The van der Waals surface area contributed by atoms with E-state index >= 15 is 0 Å². The van der Waals surface area contributed by atoms with Crippen molar-refractivity contribution in [3.63, 3.8) is 0 Å². The minimum Gasteiger partial charge on any atom is -0.509 e. The van der Waals surface area contributed by atoms with Gasteiger partial charge in [-0.2, -0.15) is 16.7 Å². The molecule has 7 aromatic rings. The number of hydrogen-bond donors (Lipinski definition) is 0. The Bertz CT molecular complexity index is 2340. The number of pyridine rings is 1. The normalized spacial score (nSPS) is 12.0.